The summed E-state index contributed by atoms with van der Waals surface area (Å²) in [7, 11) is -1.91. The highest BCUT2D eigenvalue weighted by Crippen LogP contribution is 2.27. The van der Waals surface area contributed by atoms with Gasteiger partial charge >= 0.3 is 11.9 Å². The molecule has 0 unspecified atom stereocenters. The lowest BCUT2D eigenvalue weighted by atomic mass is 10.2. The molecule has 28 heavy (non-hydrogen) atoms. The van der Waals surface area contributed by atoms with E-state index in [0.717, 1.165) is 25.3 Å². The van der Waals surface area contributed by atoms with E-state index >= 15 is 0 Å². The number of sulfonamides is 1. The van der Waals surface area contributed by atoms with Gasteiger partial charge in [-0.25, -0.2) is 22.4 Å². The second kappa shape index (κ2) is 8.70. The van der Waals surface area contributed by atoms with Crippen molar-refractivity contribution in [3.05, 3.63) is 53.8 Å². The quantitative estimate of drug-likeness (QED) is 0.697. The van der Waals surface area contributed by atoms with Gasteiger partial charge in [-0.1, -0.05) is 12.1 Å². The number of benzene rings is 2. The van der Waals surface area contributed by atoms with Crippen LogP contribution in [0.3, 0.4) is 0 Å². The fraction of sp³-hybridized carbons (Fsp3) is 0.222. The Labute approximate surface area is 161 Å². The van der Waals surface area contributed by atoms with Gasteiger partial charge in [0.05, 0.1) is 25.5 Å². The number of ether oxygens (including phenoxy) is 3. The molecule has 0 heterocycles. The van der Waals surface area contributed by atoms with E-state index < -0.39 is 38.8 Å². The molecule has 8 nitrogen and oxygen atoms in total. The molecule has 2 rings (SSSR count). The van der Waals surface area contributed by atoms with Crippen molar-refractivity contribution in [2.75, 3.05) is 18.9 Å². The van der Waals surface area contributed by atoms with Crippen LogP contribution in [0.1, 0.15) is 17.3 Å². The molecule has 0 amide bonds. The van der Waals surface area contributed by atoms with E-state index in [0.29, 0.717) is 0 Å². The van der Waals surface area contributed by atoms with Crippen molar-refractivity contribution >= 4 is 27.6 Å². The van der Waals surface area contributed by atoms with Crippen molar-refractivity contribution in [3.8, 4) is 5.75 Å². The molecule has 0 spiro atoms. The average Bonchev–Trinajstić information content (AvgIpc) is 2.67. The van der Waals surface area contributed by atoms with E-state index in [4.69, 9.17) is 9.47 Å². The van der Waals surface area contributed by atoms with E-state index in [2.05, 4.69) is 9.46 Å². The summed E-state index contributed by atoms with van der Waals surface area (Å²) in [5, 5.41) is 0. The van der Waals surface area contributed by atoms with Gasteiger partial charge in [0, 0.05) is 0 Å². The molecular weight excluding hydrogens is 393 g/mol. The third-order valence-corrected chi connectivity index (χ3v) is 5.01. The molecule has 0 saturated heterocycles. The summed E-state index contributed by atoms with van der Waals surface area (Å²) in [5.41, 5.74) is -0.158. The Morgan fingerprint density at radius 3 is 2.43 bits per heavy atom. The summed E-state index contributed by atoms with van der Waals surface area (Å²) in [6.07, 6.45) is -1.21. The summed E-state index contributed by atoms with van der Waals surface area (Å²) in [5.74, 6) is -2.64. The summed E-state index contributed by atoms with van der Waals surface area (Å²) in [6.45, 7) is 1.29. The number of para-hydroxylation sites is 2. The maximum atomic E-state index is 14.2. The highest BCUT2D eigenvalue weighted by molar-refractivity contribution is 7.92. The number of carbonyl (C=O) groups excluding carboxylic acids is 2. The highest BCUT2D eigenvalue weighted by atomic mass is 32.2. The number of nitrogens with one attached hydrogen (secondary N) is 1. The zero-order valence-electron chi connectivity index (χ0n) is 15.3. The van der Waals surface area contributed by atoms with Crippen molar-refractivity contribution in [1.29, 1.82) is 0 Å². The second-order valence-corrected chi connectivity index (χ2v) is 7.17. The first-order chi connectivity index (χ1) is 13.2. The van der Waals surface area contributed by atoms with Crippen LogP contribution in [0.4, 0.5) is 10.1 Å². The summed E-state index contributed by atoms with van der Waals surface area (Å²) >= 11 is 0. The molecule has 0 aliphatic carbocycles. The van der Waals surface area contributed by atoms with E-state index in [9.17, 15) is 22.4 Å². The monoisotopic (exact) mass is 411 g/mol. The number of hydrogen-bond acceptors (Lipinski definition) is 7. The Morgan fingerprint density at radius 2 is 1.79 bits per heavy atom. The van der Waals surface area contributed by atoms with Crippen LogP contribution in [0.15, 0.2) is 47.4 Å². The van der Waals surface area contributed by atoms with Crippen LogP contribution in [-0.2, 0) is 24.3 Å². The zero-order chi connectivity index (χ0) is 20.9. The summed E-state index contributed by atoms with van der Waals surface area (Å²) < 4.78 is 56.0. The lowest BCUT2D eigenvalue weighted by molar-refractivity contribution is -0.149. The smallest absolute Gasteiger partial charge is 0.346 e. The molecule has 0 aliphatic rings. The van der Waals surface area contributed by atoms with Gasteiger partial charge in [0.25, 0.3) is 10.0 Å². The van der Waals surface area contributed by atoms with E-state index in [1.54, 1.807) is 12.1 Å². The normalized spacial score (nSPS) is 12.0. The average molecular weight is 411 g/mol. The Kier molecular flexibility index (Phi) is 6.57. The third kappa shape index (κ3) is 4.77. The number of carbonyl (C=O) groups is 2. The van der Waals surface area contributed by atoms with Crippen LogP contribution < -0.4 is 9.46 Å². The van der Waals surface area contributed by atoms with Crippen molar-refractivity contribution in [1.82, 2.24) is 0 Å². The van der Waals surface area contributed by atoms with Gasteiger partial charge < -0.3 is 14.2 Å². The molecule has 1 N–H and O–H groups in total. The first kappa shape index (κ1) is 21.2. The van der Waals surface area contributed by atoms with E-state index in [1.165, 1.54) is 26.2 Å². The van der Waals surface area contributed by atoms with Crippen LogP contribution in [0, 0.1) is 5.82 Å². The first-order valence-electron chi connectivity index (χ1n) is 7.93. The number of rotatable bonds is 7. The topological polar surface area (TPSA) is 108 Å². The minimum absolute atomic E-state index is 0.0942. The Bertz CT molecular complexity index is 991. The van der Waals surface area contributed by atoms with Gasteiger partial charge in [-0.3, -0.25) is 4.72 Å². The maximum Gasteiger partial charge on any atom is 0.346 e. The molecular formula is C18H18FNO7S. The number of anilines is 1. The Morgan fingerprint density at radius 1 is 1.11 bits per heavy atom. The molecule has 0 saturated carbocycles. The number of esters is 2. The Hall–Kier alpha value is -3.14. The van der Waals surface area contributed by atoms with Crippen molar-refractivity contribution in [3.63, 3.8) is 0 Å². The molecule has 2 aromatic rings. The molecule has 0 aliphatic heterocycles. The van der Waals surface area contributed by atoms with Crippen LogP contribution in [0.2, 0.25) is 0 Å². The van der Waals surface area contributed by atoms with Gasteiger partial charge in [-0.15, -0.1) is 0 Å². The number of methoxy groups -OCH3 is 2. The molecule has 2 aromatic carbocycles. The molecule has 1 atom stereocenters. The highest BCUT2D eigenvalue weighted by Gasteiger charge is 2.25. The SMILES string of the molecule is COC(=O)[C@@H](C)OC(=O)c1ccc(F)c(S(=O)(=O)Nc2ccccc2OC)c1. The fourth-order valence-electron chi connectivity index (χ4n) is 2.21. The molecule has 0 bridgehead atoms. The molecule has 0 aromatic heterocycles. The van der Waals surface area contributed by atoms with Gasteiger partial charge in [0.1, 0.15) is 16.5 Å². The molecule has 150 valence electrons. The largest absolute Gasteiger partial charge is 0.495 e. The van der Waals surface area contributed by atoms with Gasteiger partial charge in [-0.2, -0.15) is 0 Å². The Balaban J connectivity index is 2.33. The second-order valence-electron chi connectivity index (χ2n) is 5.52. The molecule has 0 fully saturated rings. The third-order valence-electron chi connectivity index (χ3n) is 3.62. The van der Waals surface area contributed by atoms with Crippen LogP contribution in [0.5, 0.6) is 5.75 Å². The van der Waals surface area contributed by atoms with Gasteiger partial charge in [0.2, 0.25) is 0 Å². The predicted molar refractivity (Wildman–Crippen MR) is 97.1 cm³/mol. The number of hydrogen-bond donors (Lipinski definition) is 1. The van der Waals surface area contributed by atoms with Gasteiger partial charge in [0.15, 0.2) is 6.10 Å². The summed E-state index contributed by atoms with van der Waals surface area (Å²) in [6, 6.07) is 8.84. The van der Waals surface area contributed by atoms with E-state index in [-0.39, 0.29) is 17.0 Å². The lowest BCUT2D eigenvalue weighted by Crippen LogP contribution is -2.25. The fourth-order valence-corrected chi connectivity index (χ4v) is 3.38. The molecule has 10 heteroatoms. The van der Waals surface area contributed by atoms with Gasteiger partial charge in [-0.05, 0) is 37.3 Å². The van der Waals surface area contributed by atoms with Crippen molar-refractivity contribution in [2.24, 2.45) is 0 Å². The van der Waals surface area contributed by atoms with Crippen LogP contribution in [0.25, 0.3) is 0 Å². The molecule has 0 radical (unpaired) electrons. The van der Waals surface area contributed by atoms with E-state index in [1.807, 2.05) is 0 Å². The lowest BCUT2D eigenvalue weighted by Gasteiger charge is -2.14. The minimum Gasteiger partial charge on any atom is -0.495 e. The first-order valence-corrected chi connectivity index (χ1v) is 9.42. The standard InChI is InChI=1S/C18H18FNO7S/c1-11(17(21)26-3)27-18(22)12-8-9-13(19)16(10-12)28(23,24)20-14-6-4-5-7-15(14)25-2/h4-11,20H,1-3H3/t11-/m1/s1. The predicted octanol–water partition coefficient (Wildman–Crippen LogP) is 2.35. The van der Waals surface area contributed by atoms with Crippen molar-refractivity contribution < 1.29 is 36.6 Å². The zero-order valence-corrected chi connectivity index (χ0v) is 16.1. The van der Waals surface area contributed by atoms with Crippen LogP contribution in [-0.4, -0.2) is 40.7 Å². The maximum absolute atomic E-state index is 14.2. The number of halogens is 1. The summed E-state index contributed by atoms with van der Waals surface area (Å²) in [4.78, 5) is 22.7. The van der Waals surface area contributed by atoms with Crippen molar-refractivity contribution in [2.45, 2.75) is 17.9 Å². The van der Waals surface area contributed by atoms with Crippen LogP contribution >= 0.6 is 0 Å². The minimum atomic E-state index is -4.39.